The Morgan fingerprint density at radius 1 is 1.07 bits per heavy atom. The number of aromatic nitrogens is 1. The largest absolute Gasteiger partial charge is 0.493 e. The molecule has 2 amide bonds. The summed E-state index contributed by atoms with van der Waals surface area (Å²) >= 11 is 0. The van der Waals surface area contributed by atoms with Crippen molar-refractivity contribution in [1.82, 2.24) is 15.2 Å². The maximum absolute atomic E-state index is 12.7. The molecule has 29 heavy (non-hydrogen) atoms. The number of rotatable bonds is 6. The number of benzene rings is 1. The van der Waals surface area contributed by atoms with Gasteiger partial charge in [-0.3, -0.25) is 14.6 Å². The number of nitrogens with one attached hydrogen (secondary N) is 1. The second-order valence-electron chi connectivity index (χ2n) is 7.31. The molecular weight excluding hydrogens is 370 g/mol. The number of likely N-dealkylation sites (tertiary alicyclic amines) is 1. The van der Waals surface area contributed by atoms with Gasteiger partial charge in [-0.1, -0.05) is 13.0 Å². The lowest BCUT2D eigenvalue weighted by atomic mass is 9.98. The highest BCUT2D eigenvalue weighted by atomic mass is 16.5. The first-order valence-corrected chi connectivity index (χ1v) is 9.75. The van der Waals surface area contributed by atoms with Crippen LogP contribution in [0.3, 0.4) is 0 Å². The Balaban J connectivity index is 1.64. The van der Waals surface area contributed by atoms with Gasteiger partial charge in [0, 0.05) is 32.0 Å². The zero-order valence-electron chi connectivity index (χ0n) is 17.1. The molecule has 0 saturated carbocycles. The Kier molecular flexibility index (Phi) is 6.69. The van der Waals surface area contributed by atoms with E-state index in [1.54, 1.807) is 26.4 Å². The summed E-state index contributed by atoms with van der Waals surface area (Å²) in [7, 11) is 3.14. The van der Waals surface area contributed by atoms with Crippen LogP contribution in [0.1, 0.15) is 46.0 Å². The quantitative estimate of drug-likeness (QED) is 0.811. The van der Waals surface area contributed by atoms with E-state index >= 15 is 0 Å². The zero-order chi connectivity index (χ0) is 20.8. The molecule has 1 aromatic heterocycles. The maximum Gasteiger partial charge on any atom is 0.255 e. The fraction of sp³-hybridized carbons (Fsp3) is 0.409. The Labute approximate surface area is 171 Å². The summed E-state index contributed by atoms with van der Waals surface area (Å²) < 4.78 is 10.5. The molecule has 3 rings (SSSR count). The third-order valence-electron chi connectivity index (χ3n) is 5.22. The first-order valence-electron chi connectivity index (χ1n) is 9.75. The van der Waals surface area contributed by atoms with Crippen LogP contribution in [0.4, 0.5) is 0 Å². The highest BCUT2D eigenvalue weighted by Gasteiger charge is 2.22. The van der Waals surface area contributed by atoms with Crippen LogP contribution in [0, 0.1) is 5.92 Å². The van der Waals surface area contributed by atoms with Crippen LogP contribution in [-0.2, 0) is 6.54 Å². The fourth-order valence-electron chi connectivity index (χ4n) is 3.35. The Morgan fingerprint density at radius 2 is 1.76 bits per heavy atom. The number of nitrogens with zero attached hydrogens (tertiary/aromatic N) is 2. The first-order chi connectivity index (χ1) is 14.0. The monoisotopic (exact) mass is 397 g/mol. The van der Waals surface area contributed by atoms with Crippen molar-refractivity contribution in [2.45, 2.75) is 26.3 Å². The van der Waals surface area contributed by atoms with Crippen LogP contribution in [-0.4, -0.2) is 49.0 Å². The average Bonchev–Trinajstić information content (AvgIpc) is 2.77. The molecule has 0 unspecified atom stereocenters. The number of ether oxygens (including phenoxy) is 2. The van der Waals surface area contributed by atoms with E-state index in [0.29, 0.717) is 35.1 Å². The Hall–Kier alpha value is -3.09. The zero-order valence-corrected chi connectivity index (χ0v) is 17.1. The molecule has 1 saturated heterocycles. The number of piperidine rings is 1. The van der Waals surface area contributed by atoms with Crippen LogP contribution in [0.5, 0.6) is 11.5 Å². The van der Waals surface area contributed by atoms with Crippen molar-refractivity contribution in [3.63, 3.8) is 0 Å². The van der Waals surface area contributed by atoms with E-state index in [1.165, 1.54) is 12.4 Å². The van der Waals surface area contributed by atoms with Gasteiger partial charge in [0.1, 0.15) is 0 Å². The summed E-state index contributed by atoms with van der Waals surface area (Å²) in [6.45, 7) is 4.01. The molecule has 1 fully saturated rings. The normalized spacial score (nSPS) is 14.4. The maximum atomic E-state index is 12.7. The van der Waals surface area contributed by atoms with Crippen molar-refractivity contribution >= 4 is 11.8 Å². The van der Waals surface area contributed by atoms with Gasteiger partial charge in [-0.2, -0.15) is 0 Å². The molecule has 154 valence electrons. The van der Waals surface area contributed by atoms with Crippen molar-refractivity contribution in [3.05, 3.63) is 53.3 Å². The molecule has 0 aliphatic carbocycles. The van der Waals surface area contributed by atoms with Crippen molar-refractivity contribution < 1.29 is 19.1 Å². The first kappa shape index (κ1) is 20.6. The molecular formula is C22H27N3O4. The fourth-order valence-corrected chi connectivity index (χ4v) is 3.35. The molecule has 0 spiro atoms. The molecule has 7 heteroatoms. The minimum absolute atomic E-state index is 0.0704. The predicted molar refractivity (Wildman–Crippen MR) is 109 cm³/mol. The van der Waals surface area contributed by atoms with Crippen molar-refractivity contribution in [3.8, 4) is 11.5 Å². The van der Waals surface area contributed by atoms with Crippen molar-refractivity contribution in [1.29, 1.82) is 0 Å². The lowest BCUT2D eigenvalue weighted by Gasteiger charge is -2.30. The van der Waals surface area contributed by atoms with Gasteiger partial charge in [-0.05, 0) is 42.5 Å². The van der Waals surface area contributed by atoms with Crippen LogP contribution in [0.25, 0.3) is 0 Å². The highest BCUT2D eigenvalue weighted by molar-refractivity contribution is 5.99. The molecule has 7 nitrogen and oxygen atoms in total. The van der Waals surface area contributed by atoms with Gasteiger partial charge in [0.25, 0.3) is 11.8 Å². The SMILES string of the molecule is COc1ccc(CNC(=O)c2cncc(C(=O)N3CCC(C)CC3)c2)cc1OC. The molecule has 1 aromatic carbocycles. The van der Waals surface area contributed by atoms with E-state index in [0.717, 1.165) is 31.5 Å². The lowest BCUT2D eigenvalue weighted by Crippen LogP contribution is -2.38. The van der Waals surface area contributed by atoms with Gasteiger partial charge >= 0.3 is 0 Å². The minimum atomic E-state index is -0.283. The Bertz CT molecular complexity index is 876. The summed E-state index contributed by atoms with van der Waals surface area (Å²) in [5.41, 5.74) is 1.68. The molecule has 2 heterocycles. The van der Waals surface area contributed by atoms with Crippen molar-refractivity contribution in [2.24, 2.45) is 5.92 Å². The standard InChI is InChI=1S/C22H27N3O4/c1-15-6-8-25(9-7-15)22(27)18-11-17(13-23-14-18)21(26)24-12-16-4-5-19(28-2)20(10-16)29-3/h4-5,10-11,13-15H,6-9,12H2,1-3H3,(H,24,26). The highest BCUT2D eigenvalue weighted by Crippen LogP contribution is 2.27. The summed E-state index contributed by atoms with van der Waals surface area (Å²) in [5, 5.41) is 2.86. The van der Waals surface area contributed by atoms with Gasteiger partial charge in [-0.25, -0.2) is 0 Å². The van der Waals surface area contributed by atoms with Gasteiger partial charge in [0.05, 0.1) is 25.3 Å². The average molecular weight is 397 g/mol. The van der Waals surface area contributed by atoms with Gasteiger partial charge < -0.3 is 19.7 Å². The van der Waals surface area contributed by atoms with E-state index in [9.17, 15) is 9.59 Å². The molecule has 0 atom stereocenters. The molecule has 1 N–H and O–H groups in total. The van der Waals surface area contributed by atoms with E-state index in [-0.39, 0.29) is 11.8 Å². The Morgan fingerprint density at radius 3 is 2.45 bits per heavy atom. The smallest absolute Gasteiger partial charge is 0.255 e. The van der Waals surface area contributed by atoms with E-state index in [2.05, 4.69) is 17.2 Å². The molecule has 0 bridgehead atoms. The van der Waals surface area contributed by atoms with Gasteiger partial charge in [0.15, 0.2) is 11.5 Å². The molecule has 0 radical (unpaired) electrons. The number of carbonyl (C=O) groups excluding carboxylic acids is 2. The summed E-state index contributed by atoms with van der Waals surface area (Å²) in [4.78, 5) is 31.2. The van der Waals surface area contributed by atoms with Gasteiger partial charge in [-0.15, -0.1) is 0 Å². The summed E-state index contributed by atoms with van der Waals surface area (Å²) in [6, 6.07) is 7.07. The number of pyridine rings is 1. The third-order valence-corrected chi connectivity index (χ3v) is 5.22. The van der Waals surface area contributed by atoms with Crippen LogP contribution >= 0.6 is 0 Å². The predicted octanol–water partition coefficient (Wildman–Crippen LogP) is 2.90. The molecule has 1 aliphatic heterocycles. The lowest BCUT2D eigenvalue weighted by molar-refractivity contribution is 0.0697. The topological polar surface area (TPSA) is 80.8 Å². The third kappa shape index (κ3) is 5.04. The molecule has 2 aromatic rings. The van der Waals surface area contributed by atoms with Gasteiger partial charge in [0.2, 0.25) is 0 Å². The second kappa shape index (κ2) is 9.41. The second-order valence-corrected chi connectivity index (χ2v) is 7.31. The van der Waals surface area contributed by atoms with E-state index in [4.69, 9.17) is 9.47 Å². The van der Waals surface area contributed by atoms with E-state index in [1.807, 2.05) is 17.0 Å². The number of hydrogen-bond donors (Lipinski definition) is 1. The number of carbonyl (C=O) groups is 2. The van der Waals surface area contributed by atoms with Crippen LogP contribution < -0.4 is 14.8 Å². The van der Waals surface area contributed by atoms with E-state index < -0.39 is 0 Å². The summed E-state index contributed by atoms with van der Waals surface area (Å²) in [6.07, 6.45) is 5.00. The van der Waals surface area contributed by atoms with Crippen molar-refractivity contribution in [2.75, 3.05) is 27.3 Å². The number of hydrogen-bond acceptors (Lipinski definition) is 5. The summed E-state index contributed by atoms with van der Waals surface area (Å²) in [5.74, 6) is 1.52. The molecule has 1 aliphatic rings. The van der Waals surface area contributed by atoms with Crippen LogP contribution in [0.15, 0.2) is 36.7 Å². The minimum Gasteiger partial charge on any atom is -0.493 e. The van der Waals surface area contributed by atoms with Crippen LogP contribution in [0.2, 0.25) is 0 Å². The number of amides is 2. The number of methoxy groups -OCH3 is 2.